The number of benzene rings is 3. The number of hydrogen-bond donors (Lipinski definition) is 0. The van der Waals surface area contributed by atoms with Crippen LogP contribution >= 0.6 is 0 Å². The fourth-order valence-electron chi connectivity index (χ4n) is 4.12. The SMILES string of the molecule is CCOc1cc(C=Nn2c(-c3cc4c(OC)cccc4o3)nc3ccccc3c2=O)cc([N+](=O)[O-])c1OC. The molecule has 0 spiro atoms. The number of furan rings is 1. The highest BCUT2D eigenvalue weighted by molar-refractivity contribution is 5.89. The lowest BCUT2D eigenvalue weighted by atomic mass is 10.2. The van der Waals surface area contributed by atoms with E-state index in [1.54, 1.807) is 68.6 Å². The van der Waals surface area contributed by atoms with Gasteiger partial charge in [-0.25, -0.2) is 4.98 Å². The quantitative estimate of drug-likeness (QED) is 0.160. The molecule has 5 rings (SSSR count). The molecule has 0 saturated heterocycles. The first-order valence-electron chi connectivity index (χ1n) is 11.6. The molecule has 11 heteroatoms. The monoisotopic (exact) mass is 514 g/mol. The van der Waals surface area contributed by atoms with Gasteiger partial charge >= 0.3 is 5.69 Å². The van der Waals surface area contributed by atoms with Crippen LogP contribution in [0.1, 0.15) is 12.5 Å². The molecule has 0 saturated carbocycles. The topological polar surface area (TPSA) is 131 Å². The highest BCUT2D eigenvalue weighted by Crippen LogP contribution is 2.38. The van der Waals surface area contributed by atoms with Crippen LogP contribution in [0.15, 0.2) is 75.0 Å². The normalized spacial score (nSPS) is 11.3. The molecule has 0 aliphatic carbocycles. The molecule has 192 valence electrons. The number of fused-ring (bicyclic) bond motifs is 2. The minimum Gasteiger partial charge on any atom is -0.496 e. The first kappa shape index (κ1) is 24.5. The van der Waals surface area contributed by atoms with Gasteiger partial charge in [0, 0.05) is 11.6 Å². The number of ether oxygens (including phenoxy) is 3. The van der Waals surface area contributed by atoms with Crippen LogP contribution in [0.25, 0.3) is 33.5 Å². The Morgan fingerprint density at radius 3 is 2.61 bits per heavy atom. The fraction of sp³-hybridized carbons (Fsp3) is 0.148. The number of nitrogens with zero attached hydrogens (tertiary/aromatic N) is 4. The van der Waals surface area contributed by atoms with Crippen LogP contribution in [0.5, 0.6) is 17.2 Å². The second-order valence-electron chi connectivity index (χ2n) is 8.06. The fourth-order valence-corrected chi connectivity index (χ4v) is 4.12. The van der Waals surface area contributed by atoms with Crippen molar-refractivity contribution < 1.29 is 23.6 Å². The number of methoxy groups -OCH3 is 2. The van der Waals surface area contributed by atoms with E-state index >= 15 is 0 Å². The van der Waals surface area contributed by atoms with Crippen molar-refractivity contribution >= 4 is 33.8 Å². The van der Waals surface area contributed by atoms with Crippen molar-refractivity contribution in [3.05, 3.63) is 86.7 Å². The number of nitro benzene ring substituents is 1. The summed E-state index contributed by atoms with van der Waals surface area (Å²) in [6.45, 7) is 2.02. The highest BCUT2D eigenvalue weighted by Gasteiger charge is 2.22. The van der Waals surface area contributed by atoms with Crippen molar-refractivity contribution in [3.8, 4) is 28.8 Å². The smallest absolute Gasteiger partial charge is 0.315 e. The van der Waals surface area contributed by atoms with Crippen LogP contribution in [0.3, 0.4) is 0 Å². The summed E-state index contributed by atoms with van der Waals surface area (Å²) in [5.41, 5.74) is 0.587. The van der Waals surface area contributed by atoms with Crippen molar-refractivity contribution in [2.45, 2.75) is 6.92 Å². The van der Waals surface area contributed by atoms with Gasteiger partial charge in [-0.3, -0.25) is 14.9 Å². The van der Waals surface area contributed by atoms with E-state index in [2.05, 4.69) is 10.1 Å². The molecule has 3 aromatic carbocycles. The third kappa shape index (κ3) is 4.30. The maximum absolute atomic E-state index is 13.5. The van der Waals surface area contributed by atoms with Crippen LogP contribution in [0.4, 0.5) is 5.69 Å². The van der Waals surface area contributed by atoms with Gasteiger partial charge in [0.1, 0.15) is 11.3 Å². The van der Waals surface area contributed by atoms with E-state index in [0.29, 0.717) is 38.9 Å². The number of rotatable bonds is 8. The molecule has 0 aliphatic rings. The molecule has 0 aliphatic heterocycles. The molecular formula is C27H22N4O7. The molecular weight excluding hydrogens is 492 g/mol. The van der Waals surface area contributed by atoms with E-state index < -0.39 is 10.5 Å². The average Bonchev–Trinajstić information content (AvgIpc) is 3.37. The van der Waals surface area contributed by atoms with Crippen LogP contribution in [0.2, 0.25) is 0 Å². The van der Waals surface area contributed by atoms with Gasteiger partial charge in [0.2, 0.25) is 11.6 Å². The summed E-state index contributed by atoms with van der Waals surface area (Å²) < 4.78 is 23.3. The van der Waals surface area contributed by atoms with E-state index in [-0.39, 0.29) is 29.6 Å². The van der Waals surface area contributed by atoms with Gasteiger partial charge < -0.3 is 18.6 Å². The lowest BCUT2D eigenvalue weighted by molar-refractivity contribution is -0.385. The van der Waals surface area contributed by atoms with Gasteiger partial charge in [-0.05, 0) is 43.3 Å². The van der Waals surface area contributed by atoms with Crippen molar-refractivity contribution in [1.29, 1.82) is 0 Å². The summed E-state index contributed by atoms with van der Waals surface area (Å²) in [6, 6.07) is 16.8. The third-order valence-corrected chi connectivity index (χ3v) is 5.80. The van der Waals surface area contributed by atoms with E-state index in [0.717, 1.165) is 4.68 Å². The second-order valence-corrected chi connectivity index (χ2v) is 8.06. The minimum atomic E-state index is -0.574. The summed E-state index contributed by atoms with van der Waals surface area (Å²) in [7, 11) is 2.88. The van der Waals surface area contributed by atoms with E-state index in [9.17, 15) is 14.9 Å². The Balaban J connectivity index is 1.71. The van der Waals surface area contributed by atoms with E-state index in [1.807, 2.05) is 0 Å². The Morgan fingerprint density at radius 1 is 1.05 bits per heavy atom. The molecule has 0 fully saturated rings. The zero-order valence-corrected chi connectivity index (χ0v) is 20.7. The molecule has 2 heterocycles. The predicted octanol–water partition coefficient (Wildman–Crippen LogP) is 5.02. The number of hydrogen-bond acceptors (Lipinski definition) is 9. The molecule has 5 aromatic rings. The molecule has 0 amide bonds. The van der Waals surface area contributed by atoms with E-state index in [1.165, 1.54) is 19.4 Å². The van der Waals surface area contributed by atoms with Crippen molar-refractivity contribution in [2.75, 3.05) is 20.8 Å². The third-order valence-electron chi connectivity index (χ3n) is 5.80. The van der Waals surface area contributed by atoms with Crippen LogP contribution < -0.4 is 19.8 Å². The maximum atomic E-state index is 13.5. The van der Waals surface area contributed by atoms with Gasteiger partial charge in [-0.1, -0.05) is 18.2 Å². The number of nitro groups is 1. The van der Waals surface area contributed by atoms with Crippen molar-refractivity contribution in [1.82, 2.24) is 9.66 Å². The number of aromatic nitrogens is 2. The number of para-hydroxylation sites is 1. The van der Waals surface area contributed by atoms with Gasteiger partial charge in [-0.2, -0.15) is 9.78 Å². The minimum absolute atomic E-state index is 0.00421. The molecule has 38 heavy (non-hydrogen) atoms. The summed E-state index contributed by atoms with van der Waals surface area (Å²) in [5.74, 6) is 1.22. The summed E-state index contributed by atoms with van der Waals surface area (Å²) in [6.07, 6.45) is 1.32. The van der Waals surface area contributed by atoms with Crippen LogP contribution in [-0.2, 0) is 0 Å². The maximum Gasteiger partial charge on any atom is 0.315 e. The van der Waals surface area contributed by atoms with Gasteiger partial charge in [-0.15, -0.1) is 0 Å². The van der Waals surface area contributed by atoms with Crippen LogP contribution in [0, 0.1) is 10.1 Å². The molecule has 2 aromatic heterocycles. The van der Waals surface area contributed by atoms with Gasteiger partial charge in [0.15, 0.2) is 11.5 Å². The lowest BCUT2D eigenvalue weighted by Gasteiger charge is -2.10. The van der Waals surface area contributed by atoms with E-state index in [4.69, 9.17) is 18.6 Å². The Kier molecular flexibility index (Phi) is 6.48. The highest BCUT2D eigenvalue weighted by atomic mass is 16.6. The first-order valence-corrected chi connectivity index (χ1v) is 11.6. The predicted molar refractivity (Wildman–Crippen MR) is 142 cm³/mol. The summed E-state index contributed by atoms with van der Waals surface area (Å²) in [4.78, 5) is 29.3. The molecule has 0 N–H and O–H groups in total. The first-order chi connectivity index (χ1) is 18.4. The second kappa shape index (κ2) is 10.1. The average molecular weight is 514 g/mol. The van der Waals surface area contributed by atoms with Crippen molar-refractivity contribution in [2.24, 2.45) is 5.10 Å². The van der Waals surface area contributed by atoms with Crippen molar-refractivity contribution in [3.63, 3.8) is 0 Å². The lowest BCUT2D eigenvalue weighted by Crippen LogP contribution is -2.20. The summed E-state index contributed by atoms with van der Waals surface area (Å²) in [5, 5.41) is 17.1. The standard InChI is InChI=1S/C27H22N4O7/c1-4-37-23-13-16(12-20(31(33)34)25(23)36-3)15-28-30-26(29-19-9-6-5-8-17(19)27(30)32)24-14-18-21(35-2)10-7-11-22(18)38-24/h5-15H,4H2,1-3H3. The Morgan fingerprint density at radius 2 is 1.87 bits per heavy atom. The zero-order valence-electron chi connectivity index (χ0n) is 20.7. The van der Waals surface area contributed by atoms with Gasteiger partial charge in [0.05, 0.1) is 48.3 Å². The van der Waals surface area contributed by atoms with Gasteiger partial charge in [0.25, 0.3) is 5.56 Å². The molecule has 0 unspecified atom stereocenters. The molecule has 0 bridgehead atoms. The largest absolute Gasteiger partial charge is 0.496 e. The molecule has 11 nitrogen and oxygen atoms in total. The van der Waals surface area contributed by atoms with Crippen LogP contribution in [-0.4, -0.2) is 41.6 Å². The Bertz CT molecular complexity index is 1770. The molecule has 0 atom stereocenters. The Labute approximate surface area is 215 Å². The summed E-state index contributed by atoms with van der Waals surface area (Å²) >= 11 is 0. The Hall–Kier alpha value is -5.19. The zero-order chi connectivity index (χ0) is 26.8. The molecule has 0 radical (unpaired) electrons.